The Hall–Kier alpha value is -0.0400. The summed E-state index contributed by atoms with van der Waals surface area (Å²) in [5, 5.41) is 4.54. The minimum Gasteiger partial charge on any atom is -0.393 e. The molecule has 0 saturated heterocycles. The summed E-state index contributed by atoms with van der Waals surface area (Å²) in [5.74, 6) is 0. The number of rotatable bonds is 6. The summed E-state index contributed by atoms with van der Waals surface area (Å²) in [4.78, 5) is 0. The first-order valence-electron chi connectivity index (χ1n) is 4.37. The molecule has 0 spiro atoms. The van der Waals surface area contributed by atoms with Crippen molar-refractivity contribution in [3.8, 4) is 0 Å². The van der Waals surface area contributed by atoms with Gasteiger partial charge in [0.15, 0.2) is 0 Å². The minimum atomic E-state index is 0.185. The van der Waals surface area contributed by atoms with Gasteiger partial charge < -0.3 is 5.11 Å². The summed E-state index contributed by atoms with van der Waals surface area (Å²) < 4.78 is 6.74. The molecule has 0 aromatic rings. The van der Waals surface area contributed by atoms with Crippen LogP contribution in [0.5, 0.6) is 0 Å². The van der Waals surface area contributed by atoms with Crippen LogP contribution in [0.25, 0.3) is 0 Å². The van der Waals surface area contributed by atoms with Crippen LogP contribution < -0.4 is 0 Å². The van der Waals surface area contributed by atoms with Crippen LogP contribution in [0.4, 0.5) is 0 Å². The van der Waals surface area contributed by atoms with E-state index >= 15 is 0 Å². The smallest absolute Gasteiger partial charge is 0.210 e. The first kappa shape index (κ1) is 7.07. The number of hydrogen-bond donors (Lipinski definition) is 1. The summed E-state index contributed by atoms with van der Waals surface area (Å²) in [6.45, 7) is 4.28. The average Bonchev–Trinajstić information content (AvgIpc) is 1.98. The van der Waals surface area contributed by atoms with Crippen molar-refractivity contribution in [2.75, 3.05) is 0 Å². The fraction of sp³-hybridized carbons (Fsp3) is 1.00. The van der Waals surface area contributed by atoms with E-state index in [4.69, 9.17) is 1.43 Å². The highest BCUT2D eigenvalue weighted by Crippen LogP contribution is 2.05. The Balaban J connectivity index is 3.21. The summed E-state index contributed by atoms with van der Waals surface area (Å²) in [6.07, 6.45) is 5.77. The van der Waals surface area contributed by atoms with Crippen LogP contribution >= 0.6 is 0 Å². The molecule has 0 aromatic heterocycles. The molecule has 1 atom stereocenters. The highest BCUT2D eigenvalue weighted by molar-refractivity contribution is 4.52. The molecule has 1 nitrogen and oxygen atoms in total. The standard InChI is InChI=1S/C8H18O/c1-3-5-7-8(9)6-4-2/h8-9H,3-7H2,1-2H3/i9T. The number of aliphatic hydroxyl groups excluding tert-OH is 1. The van der Waals surface area contributed by atoms with Crippen molar-refractivity contribution in [2.24, 2.45) is 0 Å². The van der Waals surface area contributed by atoms with E-state index in [9.17, 15) is 0 Å². The van der Waals surface area contributed by atoms with Crippen molar-refractivity contribution in [1.82, 2.24) is 0 Å². The molecule has 0 saturated carbocycles. The van der Waals surface area contributed by atoms with Gasteiger partial charge in [-0.3, -0.25) is 0 Å². The third kappa shape index (κ3) is 5.84. The van der Waals surface area contributed by atoms with Gasteiger partial charge in [0.25, 0.3) is 0 Å². The van der Waals surface area contributed by atoms with E-state index in [1.165, 1.54) is 12.8 Å². The van der Waals surface area contributed by atoms with Crippen LogP contribution in [-0.2, 0) is 0 Å². The van der Waals surface area contributed by atoms with Crippen molar-refractivity contribution >= 4 is 0 Å². The maximum atomic E-state index is 6.74. The van der Waals surface area contributed by atoms with Crippen LogP contribution in [-0.4, -0.2) is 12.6 Å². The van der Waals surface area contributed by atoms with Gasteiger partial charge >= 0.3 is 0 Å². The largest absolute Gasteiger partial charge is 0.393 e. The Morgan fingerprint density at radius 1 is 1.33 bits per heavy atom. The maximum absolute atomic E-state index is 6.74. The molecule has 0 radical (unpaired) electrons. The molecule has 0 bridgehead atoms. The van der Waals surface area contributed by atoms with Gasteiger partial charge in [-0.2, -0.15) is 0 Å². The molecule has 0 aliphatic rings. The molecule has 0 aliphatic carbocycles. The second kappa shape index (κ2) is 6.09. The van der Waals surface area contributed by atoms with Gasteiger partial charge in [-0.1, -0.05) is 33.1 Å². The second-order valence-electron chi connectivity index (χ2n) is 2.55. The maximum Gasteiger partial charge on any atom is 0.210 e. The zero-order chi connectivity index (χ0) is 7.82. The third-order valence-electron chi connectivity index (χ3n) is 1.49. The highest BCUT2D eigenvalue weighted by atomic mass is 16.3. The van der Waals surface area contributed by atoms with E-state index in [1.54, 1.807) is 0 Å². The predicted octanol–water partition coefficient (Wildman–Crippen LogP) is 2.34. The third-order valence-corrected chi connectivity index (χ3v) is 1.49. The number of aliphatic hydroxyl groups is 1. The Morgan fingerprint density at radius 2 is 2.11 bits per heavy atom. The molecule has 56 valence electrons. The molecule has 1 heteroatoms. The van der Waals surface area contributed by atoms with Gasteiger partial charge in [0, 0.05) is 0 Å². The van der Waals surface area contributed by atoms with E-state index < -0.39 is 0 Å². The highest BCUT2D eigenvalue weighted by Gasteiger charge is 1.99. The van der Waals surface area contributed by atoms with E-state index in [-0.39, 0.29) is 6.10 Å². The topological polar surface area (TPSA) is 20.2 Å². The van der Waals surface area contributed by atoms with Crippen molar-refractivity contribution in [3.05, 3.63) is 0 Å². The summed E-state index contributed by atoms with van der Waals surface area (Å²) in [7, 11) is 0. The first-order valence-corrected chi connectivity index (χ1v) is 3.97. The Labute approximate surface area is 59.6 Å². The molecule has 1 N–H and O–H groups in total. The Kier molecular flexibility index (Phi) is 4.78. The van der Waals surface area contributed by atoms with Crippen LogP contribution in [0.2, 0.25) is 0 Å². The van der Waals surface area contributed by atoms with Gasteiger partial charge in [-0.05, 0) is 12.8 Å². The van der Waals surface area contributed by atoms with E-state index in [2.05, 4.69) is 19.0 Å². The molecule has 9 heavy (non-hydrogen) atoms. The lowest BCUT2D eigenvalue weighted by Gasteiger charge is -2.06. The van der Waals surface area contributed by atoms with Crippen molar-refractivity contribution < 1.29 is 5.11 Å². The number of unbranched alkanes of at least 4 members (excludes halogenated alkanes) is 1. The lowest BCUT2D eigenvalue weighted by Crippen LogP contribution is -2.04. The van der Waals surface area contributed by atoms with Crippen LogP contribution in [0.3, 0.4) is 0 Å². The Morgan fingerprint density at radius 3 is 2.56 bits per heavy atom. The van der Waals surface area contributed by atoms with Gasteiger partial charge in [-0.25, -0.2) is 0 Å². The normalized spacial score (nSPS) is 15.1. The fourth-order valence-corrected chi connectivity index (χ4v) is 0.898. The van der Waals surface area contributed by atoms with Crippen LogP contribution in [0.1, 0.15) is 46.0 Å². The fourth-order valence-electron chi connectivity index (χ4n) is 0.898. The van der Waals surface area contributed by atoms with Crippen molar-refractivity contribution in [2.45, 2.75) is 52.1 Å². The second-order valence-corrected chi connectivity index (χ2v) is 2.55. The molecular formula is C8H18O. The molecular weight excluding hydrogens is 112 g/mol. The zero-order valence-electron chi connectivity index (χ0n) is 7.52. The molecule has 0 fully saturated rings. The quantitative estimate of drug-likeness (QED) is 0.588. The van der Waals surface area contributed by atoms with E-state index in [1.807, 2.05) is 0 Å². The van der Waals surface area contributed by atoms with Gasteiger partial charge in [0.05, 0.1) is 6.10 Å². The molecule has 0 amide bonds. The SMILES string of the molecule is [3H]OC(CCC)CCCC. The number of hydrogen-bond acceptors (Lipinski definition) is 1. The Bertz CT molecular complexity index is 66.3. The predicted molar refractivity (Wildman–Crippen MR) is 40.4 cm³/mol. The molecule has 0 aromatic carbocycles. The van der Waals surface area contributed by atoms with E-state index in [0.717, 1.165) is 19.3 Å². The lowest BCUT2D eigenvalue weighted by atomic mass is 10.1. The summed E-state index contributed by atoms with van der Waals surface area (Å²) in [5.41, 5.74) is 0. The molecule has 0 aliphatic heterocycles. The van der Waals surface area contributed by atoms with Gasteiger partial charge in [0.2, 0.25) is 1.43 Å². The molecule has 0 rings (SSSR count). The monoisotopic (exact) mass is 132 g/mol. The molecule has 1 unspecified atom stereocenters. The van der Waals surface area contributed by atoms with Gasteiger partial charge in [0.1, 0.15) is 0 Å². The zero-order valence-corrected chi connectivity index (χ0v) is 6.52. The molecule has 0 heterocycles. The van der Waals surface area contributed by atoms with Crippen molar-refractivity contribution in [3.63, 3.8) is 0 Å². The van der Waals surface area contributed by atoms with E-state index in [0.29, 0.717) is 0 Å². The van der Waals surface area contributed by atoms with Crippen LogP contribution in [0, 0.1) is 0 Å². The van der Waals surface area contributed by atoms with Crippen molar-refractivity contribution in [1.29, 1.82) is 1.43 Å². The summed E-state index contributed by atoms with van der Waals surface area (Å²) >= 11 is 0. The minimum absolute atomic E-state index is 0.185. The first-order chi connectivity index (χ1) is 4.85. The van der Waals surface area contributed by atoms with Crippen LogP contribution in [0.15, 0.2) is 0 Å². The average molecular weight is 132 g/mol. The van der Waals surface area contributed by atoms with Gasteiger partial charge in [-0.15, -0.1) is 0 Å². The lowest BCUT2D eigenvalue weighted by molar-refractivity contribution is 0.150. The summed E-state index contributed by atoms with van der Waals surface area (Å²) in [6, 6.07) is 0.